The van der Waals surface area contributed by atoms with Crippen molar-refractivity contribution in [3.63, 3.8) is 0 Å². The molecule has 1 aliphatic carbocycles. The van der Waals surface area contributed by atoms with Gasteiger partial charge in [0.25, 0.3) is 0 Å². The number of hydrogen-bond donors (Lipinski definition) is 1. The molecule has 0 amide bonds. The Balaban J connectivity index is 1.55. The molecule has 2 heteroatoms. The van der Waals surface area contributed by atoms with E-state index in [1.165, 1.54) is 77.5 Å². The van der Waals surface area contributed by atoms with Gasteiger partial charge in [0.2, 0.25) is 0 Å². The molecular weight excluding hydrogens is 208 g/mol. The molecule has 0 spiro atoms. The minimum Gasteiger partial charge on any atom is -0.316 e. The van der Waals surface area contributed by atoms with Crippen LogP contribution in [0.2, 0.25) is 0 Å². The summed E-state index contributed by atoms with van der Waals surface area (Å²) in [5, 5.41) is 3.75. The number of piperidine rings is 1. The van der Waals surface area contributed by atoms with Crippen molar-refractivity contribution in [1.29, 1.82) is 0 Å². The molecule has 2 aliphatic rings. The zero-order valence-electron chi connectivity index (χ0n) is 11.6. The van der Waals surface area contributed by atoms with Gasteiger partial charge in [0, 0.05) is 0 Å². The topological polar surface area (TPSA) is 15.3 Å². The third-order valence-corrected chi connectivity index (χ3v) is 4.68. The summed E-state index contributed by atoms with van der Waals surface area (Å²) < 4.78 is 0. The smallest absolute Gasteiger partial charge is 0.00187 e. The van der Waals surface area contributed by atoms with Gasteiger partial charge in [-0.15, -0.1) is 0 Å². The van der Waals surface area contributed by atoms with Crippen molar-refractivity contribution in [2.24, 2.45) is 11.8 Å². The summed E-state index contributed by atoms with van der Waals surface area (Å²) in [5.41, 5.74) is 0. The van der Waals surface area contributed by atoms with Crippen molar-refractivity contribution in [2.45, 2.75) is 51.4 Å². The van der Waals surface area contributed by atoms with Gasteiger partial charge in [0.15, 0.2) is 0 Å². The predicted octanol–water partition coefficient (Wildman–Crippen LogP) is 2.89. The van der Waals surface area contributed by atoms with E-state index < -0.39 is 0 Å². The molecule has 1 N–H and O–H groups in total. The van der Waals surface area contributed by atoms with Crippen molar-refractivity contribution >= 4 is 0 Å². The van der Waals surface area contributed by atoms with Gasteiger partial charge >= 0.3 is 0 Å². The molecule has 0 radical (unpaired) electrons. The monoisotopic (exact) mass is 238 g/mol. The van der Waals surface area contributed by atoms with E-state index in [4.69, 9.17) is 0 Å². The zero-order valence-corrected chi connectivity index (χ0v) is 11.6. The van der Waals surface area contributed by atoms with E-state index in [0.29, 0.717) is 0 Å². The highest BCUT2D eigenvalue weighted by Gasteiger charge is 2.17. The highest BCUT2D eigenvalue weighted by atomic mass is 15.1. The molecule has 1 aliphatic heterocycles. The Bertz CT molecular complexity index is 189. The van der Waals surface area contributed by atoms with Gasteiger partial charge in [-0.1, -0.05) is 25.7 Å². The van der Waals surface area contributed by atoms with Crippen LogP contribution in [0.5, 0.6) is 0 Å². The Hall–Kier alpha value is -0.0800. The molecular formula is C15H30N2. The predicted molar refractivity (Wildman–Crippen MR) is 74.3 cm³/mol. The second-order valence-corrected chi connectivity index (χ2v) is 6.26. The Morgan fingerprint density at radius 2 is 1.35 bits per heavy atom. The minimum atomic E-state index is 0.942. The summed E-state index contributed by atoms with van der Waals surface area (Å²) in [5.74, 6) is 1.92. The number of nitrogens with one attached hydrogen (secondary N) is 1. The molecule has 0 aromatic carbocycles. The van der Waals surface area contributed by atoms with E-state index in [1.54, 1.807) is 0 Å². The van der Waals surface area contributed by atoms with Crippen LogP contribution >= 0.6 is 0 Å². The van der Waals surface area contributed by atoms with Crippen molar-refractivity contribution < 1.29 is 0 Å². The van der Waals surface area contributed by atoms with Crippen LogP contribution in [0.1, 0.15) is 51.4 Å². The van der Waals surface area contributed by atoms with E-state index in [9.17, 15) is 0 Å². The highest BCUT2D eigenvalue weighted by Crippen LogP contribution is 2.22. The lowest BCUT2D eigenvalue weighted by Gasteiger charge is -2.29. The molecule has 0 aromatic heterocycles. The Kier molecular flexibility index (Phi) is 5.79. The van der Waals surface area contributed by atoms with Crippen LogP contribution in [0.4, 0.5) is 0 Å². The minimum absolute atomic E-state index is 0.942. The summed E-state index contributed by atoms with van der Waals surface area (Å²) in [7, 11) is 2.25. The van der Waals surface area contributed by atoms with Crippen LogP contribution in [0.3, 0.4) is 0 Å². The van der Waals surface area contributed by atoms with Crippen molar-refractivity contribution in [2.75, 3.05) is 33.2 Å². The van der Waals surface area contributed by atoms with Gasteiger partial charge in [0.05, 0.1) is 0 Å². The summed E-state index contributed by atoms with van der Waals surface area (Å²) >= 11 is 0. The van der Waals surface area contributed by atoms with Crippen LogP contribution in [0.25, 0.3) is 0 Å². The Morgan fingerprint density at radius 3 is 1.94 bits per heavy atom. The first kappa shape index (κ1) is 13.4. The average Bonchev–Trinajstić information content (AvgIpc) is 2.60. The maximum Gasteiger partial charge on any atom is -0.00187 e. The average molecular weight is 238 g/mol. The van der Waals surface area contributed by atoms with Gasteiger partial charge in [-0.3, -0.25) is 0 Å². The second kappa shape index (κ2) is 7.38. The van der Waals surface area contributed by atoms with E-state index >= 15 is 0 Å². The first-order chi connectivity index (χ1) is 8.34. The molecule has 0 aromatic rings. The van der Waals surface area contributed by atoms with Gasteiger partial charge in [-0.2, -0.15) is 0 Å². The number of likely N-dealkylation sites (tertiary alicyclic amines) is 1. The maximum absolute atomic E-state index is 3.75. The van der Waals surface area contributed by atoms with Crippen molar-refractivity contribution in [1.82, 2.24) is 10.2 Å². The van der Waals surface area contributed by atoms with Crippen molar-refractivity contribution in [3.05, 3.63) is 0 Å². The van der Waals surface area contributed by atoms with Crippen LogP contribution in [0, 0.1) is 11.8 Å². The van der Waals surface area contributed by atoms with E-state index in [0.717, 1.165) is 11.8 Å². The normalized spacial score (nSPS) is 25.9. The summed E-state index contributed by atoms with van der Waals surface area (Å²) in [6, 6.07) is 0. The molecule has 1 saturated heterocycles. The molecule has 2 rings (SSSR count). The molecule has 1 saturated carbocycles. The second-order valence-electron chi connectivity index (χ2n) is 6.26. The standard InChI is InChI=1S/C15H30N2/c1-17-10-8-15(9-11-17)13-16-12-14-6-4-2-3-5-7-14/h14-16H,2-13H2,1H3. The largest absolute Gasteiger partial charge is 0.316 e. The van der Waals surface area contributed by atoms with E-state index in [2.05, 4.69) is 17.3 Å². The molecule has 2 nitrogen and oxygen atoms in total. The Morgan fingerprint density at radius 1 is 0.824 bits per heavy atom. The lowest BCUT2D eigenvalue weighted by atomic mass is 9.96. The quantitative estimate of drug-likeness (QED) is 0.758. The Labute approximate surface area is 107 Å². The fourth-order valence-corrected chi connectivity index (χ4v) is 3.33. The molecule has 0 bridgehead atoms. The first-order valence-electron chi connectivity index (χ1n) is 7.74. The molecule has 17 heavy (non-hydrogen) atoms. The van der Waals surface area contributed by atoms with Gasteiger partial charge in [-0.05, 0) is 70.7 Å². The molecule has 1 heterocycles. The fraction of sp³-hybridized carbons (Fsp3) is 1.00. The van der Waals surface area contributed by atoms with E-state index in [-0.39, 0.29) is 0 Å². The number of hydrogen-bond acceptors (Lipinski definition) is 2. The van der Waals surface area contributed by atoms with Crippen LogP contribution in [-0.2, 0) is 0 Å². The maximum atomic E-state index is 3.75. The molecule has 2 fully saturated rings. The molecule has 0 atom stereocenters. The fourth-order valence-electron chi connectivity index (χ4n) is 3.33. The SMILES string of the molecule is CN1CCC(CNCC2CCCCCC2)CC1. The lowest BCUT2D eigenvalue weighted by molar-refractivity contribution is 0.214. The van der Waals surface area contributed by atoms with Gasteiger partial charge < -0.3 is 10.2 Å². The van der Waals surface area contributed by atoms with Gasteiger partial charge in [-0.25, -0.2) is 0 Å². The molecule has 100 valence electrons. The zero-order chi connectivity index (χ0) is 11.9. The van der Waals surface area contributed by atoms with E-state index in [1.807, 2.05) is 0 Å². The summed E-state index contributed by atoms with van der Waals surface area (Å²) in [6.45, 7) is 5.15. The first-order valence-corrected chi connectivity index (χ1v) is 7.74. The number of nitrogens with zero attached hydrogens (tertiary/aromatic N) is 1. The van der Waals surface area contributed by atoms with Crippen LogP contribution in [0.15, 0.2) is 0 Å². The van der Waals surface area contributed by atoms with Crippen LogP contribution in [-0.4, -0.2) is 38.1 Å². The summed E-state index contributed by atoms with van der Waals surface area (Å²) in [6.07, 6.45) is 11.6. The third kappa shape index (κ3) is 4.97. The molecule has 0 unspecified atom stereocenters. The van der Waals surface area contributed by atoms with Crippen LogP contribution < -0.4 is 5.32 Å². The van der Waals surface area contributed by atoms with Crippen molar-refractivity contribution in [3.8, 4) is 0 Å². The lowest BCUT2D eigenvalue weighted by Crippen LogP contribution is -2.36. The third-order valence-electron chi connectivity index (χ3n) is 4.68. The van der Waals surface area contributed by atoms with Gasteiger partial charge in [0.1, 0.15) is 0 Å². The highest BCUT2D eigenvalue weighted by molar-refractivity contribution is 4.73. The number of rotatable bonds is 4. The summed E-state index contributed by atoms with van der Waals surface area (Å²) in [4.78, 5) is 2.46.